The third-order valence-electron chi connectivity index (χ3n) is 1.39. The van der Waals surface area contributed by atoms with E-state index >= 15 is 0 Å². The predicted octanol–water partition coefficient (Wildman–Crippen LogP) is 2.74. The quantitative estimate of drug-likeness (QED) is 0.542. The summed E-state index contributed by atoms with van der Waals surface area (Å²) in [5.74, 6) is 0. The Kier molecular flexibility index (Phi) is 1.41. The molecule has 3 heteroatoms. The maximum Gasteiger partial charge on any atom is 0.190 e. The Balaban J connectivity index is 2.90. The van der Waals surface area contributed by atoms with Crippen molar-refractivity contribution in [3.8, 4) is 0 Å². The van der Waals surface area contributed by atoms with Crippen LogP contribution in [-0.4, -0.2) is 0 Å². The molecule has 0 spiro atoms. The maximum absolute atomic E-state index is 4.76. The first kappa shape index (κ1) is 6.09. The lowest BCUT2D eigenvalue weighted by atomic mass is 10.2. The third kappa shape index (κ3) is 1.12. The SMILES string of the molecule is c1ccc2oooccc2c1. The average molecular weight is 150 g/mol. The second kappa shape index (κ2) is 2.54. The highest BCUT2D eigenvalue weighted by Gasteiger charge is 1.89. The van der Waals surface area contributed by atoms with Crippen molar-refractivity contribution in [3.05, 3.63) is 36.6 Å². The molecule has 0 saturated carbocycles. The van der Waals surface area contributed by atoms with Gasteiger partial charge in [0.2, 0.25) is 0 Å². The van der Waals surface area contributed by atoms with Crippen LogP contribution in [0.15, 0.2) is 50.5 Å². The second-order valence-corrected chi connectivity index (χ2v) is 2.09. The van der Waals surface area contributed by atoms with Crippen molar-refractivity contribution < 1.29 is 13.9 Å². The summed E-state index contributed by atoms with van der Waals surface area (Å²) in [6.07, 6.45) is 1.42. The molecule has 56 valence electrons. The zero-order valence-electron chi connectivity index (χ0n) is 5.69. The fourth-order valence-corrected chi connectivity index (χ4v) is 0.874. The highest BCUT2D eigenvalue weighted by molar-refractivity contribution is 5.74. The van der Waals surface area contributed by atoms with Gasteiger partial charge >= 0.3 is 0 Å². The molecule has 1 aromatic heterocycles. The molecule has 0 amide bonds. The summed E-state index contributed by atoms with van der Waals surface area (Å²) in [4.78, 5) is 0. The lowest BCUT2D eigenvalue weighted by Crippen LogP contribution is -1.62. The van der Waals surface area contributed by atoms with Gasteiger partial charge in [0.05, 0.1) is 0 Å². The molecule has 0 unspecified atom stereocenters. The monoisotopic (exact) mass is 150 g/mol. The number of para-hydroxylation sites is 1. The molecule has 0 aliphatic heterocycles. The fraction of sp³-hybridized carbons (Fsp3) is 0. The molecule has 0 N–H and O–H groups in total. The van der Waals surface area contributed by atoms with Crippen LogP contribution in [0.2, 0.25) is 0 Å². The Labute approximate surface area is 62.4 Å². The van der Waals surface area contributed by atoms with Crippen LogP contribution in [-0.2, 0) is 0 Å². The van der Waals surface area contributed by atoms with E-state index in [2.05, 4.69) is 9.31 Å². The van der Waals surface area contributed by atoms with Crippen molar-refractivity contribution in [2.75, 3.05) is 0 Å². The van der Waals surface area contributed by atoms with E-state index in [1.807, 2.05) is 18.2 Å². The van der Waals surface area contributed by atoms with E-state index in [4.69, 9.17) is 4.58 Å². The number of hydrogen-bond acceptors (Lipinski definition) is 3. The van der Waals surface area contributed by atoms with Gasteiger partial charge in [-0.3, -0.25) is 9.15 Å². The van der Waals surface area contributed by atoms with E-state index in [-0.39, 0.29) is 0 Å². The highest BCUT2D eigenvalue weighted by atomic mass is 17.2. The van der Waals surface area contributed by atoms with Gasteiger partial charge in [0.15, 0.2) is 5.58 Å². The number of fused-ring (bicyclic) bond motifs is 1. The van der Waals surface area contributed by atoms with Crippen molar-refractivity contribution in [2.24, 2.45) is 0 Å². The first-order chi connectivity index (χ1) is 5.47. The van der Waals surface area contributed by atoms with Gasteiger partial charge in [0.1, 0.15) is 6.26 Å². The second-order valence-electron chi connectivity index (χ2n) is 2.09. The van der Waals surface area contributed by atoms with Crippen LogP contribution in [0.1, 0.15) is 0 Å². The van der Waals surface area contributed by atoms with Crippen molar-refractivity contribution >= 4 is 11.0 Å². The molecular formula is C8H6O3. The molecule has 0 aliphatic carbocycles. The first-order valence-corrected chi connectivity index (χ1v) is 3.22. The Hall–Kier alpha value is -1.64. The molecule has 0 atom stereocenters. The summed E-state index contributed by atoms with van der Waals surface area (Å²) < 4.78 is 13.6. The molecule has 0 bridgehead atoms. The van der Waals surface area contributed by atoms with Crippen LogP contribution >= 0.6 is 0 Å². The minimum atomic E-state index is 0.654. The molecule has 2 aromatic rings. The van der Waals surface area contributed by atoms with E-state index < -0.39 is 0 Å². The van der Waals surface area contributed by atoms with Gasteiger partial charge in [-0.05, 0) is 12.1 Å². The van der Waals surface area contributed by atoms with Gasteiger partial charge in [-0.1, -0.05) is 22.9 Å². The topological polar surface area (TPSA) is 39.4 Å². The van der Waals surface area contributed by atoms with E-state index in [1.54, 1.807) is 12.1 Å². The minimum Gasteiger partial charge on any atom is -0.260 e. The highest BCUT2D eigenvalue weighted by Crippen LogP contribution is 2.10. The van der Waals surface area contributed by atoms with Gasteiger partial charge in [-0.25, -0.2) is 0 Å². The summed E-state index contributed by atoms with van der Waals surface area (Å²) in [6.45, 7) is 0. The molecular weight excluding hydrogens is 144 g/mol. The predicted molar refractivity (Wildman–Crippen MR) is 38.4 cm³/mol. The van der Waals surface area contributed by atoms with Crippen LogP contribution in [0.5, 0.6) is 0 Å². The summed E-state index contributed by atoms with van der Waals surface area (Å²) in [5, 5.41) is 0.935. The Morgan fingerprint density at radius 2 is 1.91 bits per heavy atom. The summed E-state index contributed by atoms with van der Waals surface area (Å²) >= 11 is 0. The molecule has 2 rings (SSSR count). The molecule has 0 fully saturated rings. The van der Waals surface area contributed by atoms with Crippen LogP contribution < -0.4 is 0 Å². The minimum absolute atomic E-state index is 0.654. The summed E-state index contributed by atoms with van der Waals surface area (Å²) in [6, 6.07) is 9.25. The lowest BCUT2D eigenvalue weighted by Gasteiger charge is -1.83. The van der Waals surface area contributed by atoms with Crippen LogP contribution in [0, 0.1) is 0 Å². The van der Waals surface area contributed by atoms with Gasteiger partial charge < -0.3 is 0 Å². The van der Waals surface area contributed by atoms with Gasteiger partial charge in [-0.2, -0.15) is 0 Å². The standard InChI is InChI=1S/C8H6O3/c1-2-4-8-7(3-1)5-6-9-11-10-8/h1-6H. The summed E-state index contributed by atoms with van der Waals surface area (Å²) in [5.41, 5.74) is 0.654. The molecule has 1 heterocycles. The Morgan fingerprint density at radius 1 is 1.00 bits per heavy atom. The largest absolute Gasteiger partial charge is 0.260 e. The zero-order chi connectivity index (χ0) is 7.52. The fourth-order valence-electron chi connectivity index (χ4n) is 0.874. The first-order valence-electron chi connectivity index (χ1n) is 3.22. The van der Waals surface area contributed by atoms with Gasteiger partial charge in [0.25, 0.3) is 0 Å². The van der Waals surface area contributed by atoms with E-state index in [0.29, 0.717) is 5.58 Å². The average Bonchev–Trinajstić information content (AvgIpc) is 2.28. The van der Waals surface area contributed by atoms with E-state index in [9.17, 15) is 0 Å². The maximum atomic E-state index is 4.76. The number of rotatable bonds is 0. The molecule has 1 aromatic carbocycles. The Bertz CT molecular complexity index is 343. The lowest BCUT2D eigenvalue weighted by molar-refractivity contribution is -0.167. The van der Waals surface area contributed by atoms with Crippen molar-refractivity contribution in [1.29, 1.82) is 0 Å². The smallest absolute Gasteiger partial charge is 0.190 e. The van der Waals surface area contributed by atoms with E-state index in [1.165, 1.54) is 6.26 Å². The molecule has 0 aliphatic rings. The summed E-state index contributed by atoms with van der Waals surface area (Å²) in [7, 11) is 0. The number of hydrogen-bond donors (Lipinski definition) is 0. The van der Waals surface area contributed by atoms with Crippen molar-refractivity contribution in [3.63, 3.8) is 0 Å². The normalized spacial score (nSPS) is 9.82. The molecule has 0 saturated heterocycles. The number of benzene rings is 1. The third-order valence-corrected chi connectivity index (χ3v) is 1.39. The molecule has 11 heavy (non-hydrogen) atoms. The van der Waals surface area contributed by atoms with E-state index in [0.717, 1.165) is 5.39 Å². The van der Waals surface area contributed by atoms with Gasteiger partial charge in [-0.15, -0.1) is 0 Å². The van der Waals surface area contributed by atoms with Crippen molar-refractivity contribution in [1.82, 2.24) is 0 Å². The van der Waals surface area contributed by atoms with Crippen LogP contribution in [0.25, 0.3) is 11.0 Å². The van der Waals surface area contributed by atoms with Crippen LogP contribution in [0.4, 0.5) is 0 Å². The molecule has 3 nitrogen and oxygen atoms in total. The van der Waals surface area contributed by atoms with Gasteiger partial charge in [0, 0.05) is 5.39 Å². The Morgan fingerprint density at radius 3 is 2.91 bits per heavy atom. The zero-order valence-corrected chi connectivity index (χ0v) is 5.69. The molecule has 0 radical (unpaired) electrons. The van der Waals surface area contributed by atoms with Crippen molar-refractivity contribution in [2.45, 2.75) is 0 Å². The van der Waals surface area contributed by atoms with Crippen LogP contribution in [0.3, 0.4) is 0 Å².